The molecule has 1 fully saturated rings. The summed E-state index contributed by atoms with van der Waals surface area (Å²) in [5.74, 6) is 3.87. The van der Waals surface area contributed by atoms with Crippen molar-refractivity contribution in [3.05, 3.63) is 41.3 Å². The zero-order chi connectivity index (χ0) is 20.7. The van der Waals surface area contributed by atoms with Crippen molar-refractivity contribution in [3.63, 3.8) is 0 Å². The van der Waals surface area contributed by atoms with E-state index in [2.05, 4.69) is 24.0 Å². The van der Waals surface area contributed by atoms with Crippen LogP contribution in [0, 0.1) is 0 Å². The number of benzene rings is 1. The molecule has 0 saturated heterocycles. The van der Waals surface area contributed by atoms with E-state index in [1.54, 1.807) is 7.11 Å². The number of nitrogens with zero attached hydrogens (tertiary/aromatic N) is 4. The van der Waals surface area contributed by atoms with Crippen LogP contribution in [0.3, 0.4) is 0 Å². The van der Waals surface area contributed by atoms with Crippen LogP contribution in [0.2, 0.25) is 0 Å². The number of ether oxygens (including phenoxy) is 1. The topological polar surface area (TPSA) is 73.8 Å². The van der Waals surface area contributed by atoms with Gasteiger partial charge in [0.25, 0.3) is 0 Å². The highest BCUT2D eigenvalue weighted by Gasteiger charge is 2.42. The Morgan fingerprint density at radius 1 is 1.20 bits per heavy atom. The average molecular weight is 408 g/mol. The first-order valence-corrected chi connectivity index (χ1v) is 11.1. The Labute approximate surface area is 177 Å². The van der Waals surface area contributed by atoms with Crippen molar-refractivity contribution in [1.82, 2.24) is 14.9 Å². The average Bonchev–Trinajstić information content (AvgIpc) is 3.50. The number of aromatic amines is 1. The molecule has 30 heavy (non-hydrogen) atoms. The SMILES string of the molecule is CCCN1C(=O)N2CC(Cc3ccc(OC)cc3)N=C2c2[nH]c(C3CCCC3)nc21. The molecule has 3 aliphatic rings. The first kappa shape index (κ1) is 19.2. The number of nitrogens with one attached hydrogen (secondary N) is 1. The third-order valence-electron chi connectivity index (χ3n) is 6.42. The summed E-state index contributed by atoms with van der Waals surface area (Å²) in [7, 11) is 1.67. The van der Waals surface area contributed by atoms with Crippen molar-refractivity contribution >= 4 is 17.7 Å². The highest BCUT2D eigenvalue weighted by atomic mass is 16.5. The molecular weight excluding hydrogens is 378 g/mol. The minimum absolute atomic E-state index is 0.00445. The predicted octanol–water partition coefficient (Wildman–Crippen LogP) is 4.10. The number of imidazole rings is 1. The third-order valence-corrected chi connectivity index (χ3v) is 6.42. The number of rotatable bonds is 6. The number of anilines is 1. The van der Waals surface area contributed by atoms with Crippen molar-refractivity contribution in [2.75, 3.05) is 25.1 Å². The Hall–Kier alpha value is -2.83. The van der Waals surface area contributed by atoms with Gasteiger partial charge >= 0.3 is 6.03 Å². The van der Waals surface area contributed by atoms with Crippen molar-refractivity contribution in [3.8, 4) is 5.75 Å². The maximum atomic E-state index is 13.3. The van der Waals surface area contributed by atoms with Crippen LogP contribution in [0.5, 0.6) is 5.75 Å². The molecule has 158 valence electrons. The number of methoxy groups -OCH3 is 1. The van der Waals surface area contributed by atoms with Crippen molar-refractivity contribution < 1.29 is 9.53 Å². The number of amidine groups is 1. The summed E-state index contributed by atoms with van der Waals surface area (Å²) >= 11 is 0. The second-order valence-electron chi connectivity index (χ2n) is 8.51. The quantitative estimate of drug-likeness (QED) is 0.783. The highest BCUT2D eigenvalue weighted by Crippen LogP contribution is 2.37. The number of carbonyl (C=O) groups excluding carboxylic acids is 1. The minimum atomic E-state index is 0.00445. The lowest BCUT2D eigenvalue weighted by Crippen LogP contribution is -2.50. The second-order valence-corrected chi connectivity index (χ2v) is 8.51. The summed E-state index contributed by atoms with van der Waals surface area (Å²) in [6.45, 7) is 3.38. The van der Waals surface area contributed by atoms with Crippen LogP contribution in [0.1, 0.15) is 62.0 Å². The van der Waals surface area contributed by atoms with Gasteiger partial charge in [-0.3, -0.25) is 14.8 Å². The van der Waals surface area contributed by atoms with Gasteiger partial charge in [0, 0.05) is 12.5 Å². The first-order chi connectivity index (χ1) is 14.7. The van der Waals surface area contributed by atoms with Crippen molar-refractivity contribution in [2.24, 2.45) is 4.99 Å². The van der Waals surface area contributed by atoms with E-state index >= 15 is 0 Å². The van der Waals surface area contributed by atoms with Gasteiger partial charge in [-0.25, -0.2) is 9.78 Å². The number of fused-ring (bicyclic) bond motifs is 3. The number of aliphatic imine (C=N–C) groups is 1. The van der Waals surface area contributed by atoms with Gasteiger partial charge in [0.05, 0.1) is 19.7 Å². The fraction of sp³-hybridized carbons (Fsp3) is 0.522. The second kappa shape index (κ2) is 7.78. The normalized spacial score (nSPS) is 21.1. The monoisotopic (exact) mass is 407 g/mol. The largest absolute Gasteiger partial charge is 0.497 e. The molecule has 7 nitrogen and oxygen atoms in total. The number of urea groups is 1. The molecule has 2 aromatic rings. The summed E-state index contributed by atoms with van der Waals surface area (Å²) in [5, 5.41) is 0. The van der Waals surface area contributed by atoms with E-state index < -0.39 is 0 Å². The molecule has 1 atom stereocenters. The van der Waals surface area contributed by atoms with E-state index in [1.165, 1.54) is 31.2 Å². The Morgan fingerprint density at radius 2 is 1.97 bits per heavy atom. The van der Waals surface area contributed by atoms with Crippen molar-refractivity contribution in [2.45, 2.75) is 57.4 Å². The first-order valence-electron chi connectivity index (χ1n) is 11.1. The van der Waals surface area contributed by atoms with E-state index in [4.69, 9.17) is 14.7 Å². The standard InChI is InChI=1S/C23H29N5O2/c1-3-12-27-22-19(25-20(26-22)16-6-4-5-7-16)21-24-17(14-28(21)23(27)29)13-15-8-10-18(30-2)11-9-15/h8-11,16-17H,3-7,12-14H2,1-2H3,(H,25,26). The van der Waals surface area contributed by atoms with Crippen LogP contribution in [-0.2, 0) is 6.42 Å². The van der Waals surface area contributed by atoms with Gasteiger partial charge in [-0.15, -0.1) is 0 Å². The molecule has 1 aliphatic carbocycles. The molecule has 2 aliphatic heterocycles. The molecule has 1 saturated carbocycles. The van der Waals surface area contributed by atoms with Crippen LogP contribution < -0.4 is 9.64 Å². The van der Waals surface area contributed by atoms with E-state index in [1.807, 2.05) is 21.9 Å². The van der Waals surface area contributed by atoms with Crippen LogP contribution >= 0.6 is 0 Å². The van der Waals surface area contributed by atoms with Crippen LogP contribution in [-0.4, -0.2) is 53.0 Å². The fourth-order valence-electron chi connectivity index (χ4n) is 4.88. The molecule has 5 rings (SSSR count). The molecular formula is C23H29N5O2. The highest BCUT2D eigenvalue weighted by molar-refractivity contribution is 6.18. The van der Waals surface area contributed by atoms with Gasteiger partial charge < -0.3 is 9.72 Å². The lowest BCUT2D eigenvalue weighted by molar-refractivity contribution is 0.226. The minimum Gasteiger partial charge on any atom is -0.497 e. The Balaban J connectivity index is 1.45. The molecule has 0 radical (unpaired) electrons. The summed E-state index contributed by atoms with van der Waals surface area (Å²) < 4.78 is 5.25. The maximum absolute atomic E-state index is 13.3. The van der Waals surface area contributed by atoms with Crippen LogP contribution in [0.15, 0.2) is 29.3 Å². The molecule has 1 aromatic heterocycles. The lowest BCUT2D eigenvalue weighted by Gasteiger charge is -2.32. The number of carbonyl (C=O) groups is 1. The van der Waals surface area contributed by atoms with E-state index in [0.29, 0.717) is 19.0 Å². The molecule has 0 bridgehead atoms. The Morgan fingerprint density at radius 3 is 2.67 bits per heavy atom. The third kappa shape index (κ3) is 3.26. The number of hydrogen-bond donors (Lipinski definition) is 1. The number of aromatic nitrogens is 2. The van der Waals surface area contributed by atoms with Crippen LogP contribution in [0.25, 0.3) is 0 Å². The molecule has 2 amide bonds. The number of H-pyrrole nitrogens is 1. The summed E-state index contributed by atoms with van der Waals surface area (Å²) in [6, 6.07) is 8.14. The van der Waals surface area contributed by atoms with Gasteiger partial charge in [-0.2, -0.15) is 0 Å². The summed E-state index contributed by atoms with van der Waals surface area (Å²) in [5.41, 5.74) is 2.11. The molecule has 0 spiro atoms. The zero-order valence-electron chi connectivity index (χ0n) is 17.7. The van der Waals surface area contributed by atoms with Crippen molar-refractivity contribution in [1.29, 1.82) is 0 Å². The molecule has 1 aromatic carbocycles. The molecule has 7 heteroatoms. The van der Waals surface area contributed by atoms with E-state index in [-0.39, 0.29) is 12.1 Å². The van der Waals surface area contributed by atoms with Gasteiger partial charge in [-0.1, -0.05) is 31.9 Å². The van der Waals surface area contributed by atoms with Gasteiger partial charge in [0.15, 0.2) is 11.7 Å². The predicted molar refractivity (Wildman–Crippen MR) is 117 cm³/mol. The van der Waals surface area contributed by atoms with Gasteiger partial charge in [-0.05, 0) is 43.4 Å². The molecule has 1 N–H and O–H groups in total. The number of hydrogen-bond acceptors (Lipinski definition) is 4. The van der Waals surface area contributed by atoms with Gasteiger partial charge in [0.1, 0.15) is 17.3 Å². The maximum Gasteiger partial charge on any atom is 0.331 e. The fourth-order valence-corrected chi connectivity index (χ4v) is 4.88. The van der Waals surface area contributed by atoms with Gasteiger partial charge in [0.2, 0.25) is 0 Å². The van der Waals surface area contributed by atoms with E-state index in [0.717, 1.165) is 41.8 Å². The van der Waals surface area contributed by atoms with E-state index in [9.17, 15) is 4.79 Å². The Bertz CT molecular complexity index is 958. The zero-order valence-corrected chi connectivity index (χ0v) is 17.7. The molecule has 3 heterocycles. The van der Waals surface area contributed by atoms with Crippen LogP contribution in [0.4, 0.5) is 10.6 Å². The summed E-state index contributed by atoms with van der Waals surface area (Å²) in [6.07, 6.45) is 6.54. The lowest BCUT2D eigenvalue weighted by atomic mass is 10.1. The molecule has 1 unspecified atom stereocenters. The Kier molecular flexibility index (Phi) is 4.97. The summed E-state index contributed by atoms with van der Waals surface area (Å²) in [4.78, 5) is 30.4. The smallest absolute Gasteiger partial charge is 0.331 e. The number of amides is 2.